The quantitative estimate of drug-likeness (QED) is 0.472. The third-order valence-electron chi connectivity index (χ3n) is 2.63. The number of rotatable bonds is 9. The number of carboxylic acid groups (broad SMARTS) is 2. The molecule has 0 aliphatic rings. The summed E-state index contributed by atoms with van der Waals surface area (Å²) in [6.45, 7) is 0. The second-order valence-corrected chi connectivity index (χ2v) is 4.26. The number of hydrogen-bond donors (Lipinski definition) is 4. The van der Waals surface area contributed by atoms with Crippen molar-refractivity contribution in [1.82, 2.24) is 5.48 Å². The van der Waals surface area contributed by atoms with Crippen molar-refractivity contribution in [2.75, 3.05) is 0 Å². The standard InChI is InChI=1S/C13H16N2O6/c14-10(16)7-6-9(12(17)18)15-21-11(13(19)20)8-4-2-1-3-5-8/h1-5,9,11,15H,6-7H2,(H2,14,16)(H,17,18)(H,19,20)/t9-,11?/m1/s1. The fourth-order valence-corrected chi connectivity index (χ4v) is 1.56. The Morgan fingerprint density at radius 1 is 1.14 bits per heavy atom. The number of amides is 1. The molecule has 0 aliphatic carbocycles. The Morgan fingerprint density at radius 2 is 1.76 bits per heavy atom. The van der Waals surface area contributed by atoms with Crippen LogP contribution in [0.15, 0.2) is 30.3 Å². The molecule has 1 rings (SSSR count). The van der Waals surface area contributed by atoms with Gasteiger partial charge in [0.05, 0.1) is 0 Å². The highest BCUT2D eigenvalue weighted by molar-refractivity contribution is 5.77. The normalized spacial score (nSPS) is 13.3. The molecule has 8 heteroatoms. The lowest BCUT2D eigenvalue weighted by Gasteiger charge is -2.18. The van der Waals surface area contributed by atoms with E-state index in [1.165, 1.54) is 0 Å². The fraction of sp³-hybridized carbons (Fsp3) is 0.308. The van der Waals surface area contributed by atoms with Crippen LogP contribution in [-0.2, 0) is 19.2 Å². The maximum Gasteiger partial charge on any atom is 0.339 e. The number of hydrogen-bond acceptors (Lipinski definition) is 5. The van der Waals surface area contributed by atoms with E-state index in [0.29, 0.717) is 5.56 Å². The van der Waals surface area contributed by atoms with E-state index < -0.39 is 30.0 Å². The van der Waals surface area contributed by atoms with Crippen LogP contribution in [0.25, 0.3) is 0 Å². The number of carbonyl (C=O) groups is 3. The van der Waals surface area contributed by atoms with Crippen LogP contribution in [-0.4, -0.2) is 34.1 Å². The molecule has 0 heterocycles. The smallest absolute Gasteiger partial charge is 0.339 e. The van der Waals surface area contributed by atoms with Crippen molar-refractivity contribution in [3.05, 3.63) is 35.9 Å². The average Bonchev–Trinajstić information content (AvgIpc) is 2.42. The van der Waals surface area contributed by atoms with Crippen molar-refractivity contribution in [2.24, 2.45) is 5.73 Å². The largest absolute Gasteiger partial charge is 0.480 e. The van der Waals surface area contributed by atoms with Gasteiger partial charge in [-0.25, -0.2) is 4.79 Å². The Morgan fingerprint density at radius 3 is 2.24 bits per heavy atom. The van der Waals surface area contributed by atoms with E-state index in [2.05, 4.69) is 5.48 Å². The van der Waals surface area contributed by atoms with Gasteiger partial charge in [0.1, 0.15) is 6.04 Å². The molecule has 1 amide bonds. The molecule has 5 N–H and O–H groups in total. The van der Waals surface area contributed by atoms with Crippen molar-refractivity contribution < 1.29 is 29.4 Å². The molecule has 21 heavy (non-hydrogen) atoms. The molecule has 0 aliphatic heterocycles. The topological polar surface area (TPSA) is 139 Å². The van der Waals surface area contributed by atoms with Crippen molar-refractivity contribution in [3.8, 4) is 0 Å². The lowest BCUT2D eigenvalue weighted by molar-refractivity contribution is -0.164. The van der Waals surface area contributed by atoms with Crippen LogP contribution in [0.1, 0.15) is 24.5 Å². The van der Waals surface area contributed by atoms with Gasteiger partial charge in [0.2, 0.25) is 12.0 Å². The van der Waals surface area contributed by atoms with E-state index in [4.69, 9.17) is 20.8 Å². The second-order valence-electron chi connectivity index (χ2n) is 4.26. The molecule has 0 spiro atoms. The van der Waals surface area contributed by atoms with Gasteiger partial charge in [-0.2, -0.15) is 5.48 Å². The minimum atomic E-state index is -1.36. The molecule has 2 atom stereocenters. The Balaban J connectivity index is 2.68. The summed E-state index contributed by atoms with van der Waals surface area (Å²) in [7, 11) is 0. The molecule has 0 saturated carbocycles. The van der Waals surface area contributed by atoms with E-state index in [1.807, 2.05) is 0 Å². The molecule has 0 radical (unpaired) electrons. The monoisotopic (exact) mass is 296 g/mol. The Bertz CT molecular complexity index is 505. The zero-order chi connectivity index (χ0) is 15.8. The van der Waals surface area contributed by atoms with Gasteiger partial charge in [0, 0.05) is 6.42 Å². The number of benzene rings is 1. The molecule has 1 aromatic rings. The number of aliphatic carboxylic acids is 2. The fourth-order valence-electron chi connectivity index (χ4n) is 1.56. The van der Waals surface area contributed by atoms with Crippen LogP contribution in [0, 0.1) is 0 Å². The van der Waals surface area contributed by atoms with Gasteiger partial charge in [-0.3, -0.25) is 14.4 Å². The van der Waals surface area contributed by atoms with E-state index in [9.17, 15) is 14.4 Å². The van der Waals surface area contributed by atoms with Gasteiger partial charge < -0.3 is 15.9 Å². The number of carbonyl (C=O) groups excluding carboxylic acids is 1. The molecule has 114 valence electrons. The summed E-state index contributed by atoms with van der Waals surface area (Å²) in [5.74, 6) is -3.19. The highest BCUT2D eigenvalue weighted by Gasteiger charge is 2.25. The first-order valence-electron chi connectivity index (χ1n) is 6.12. The van der Waals surface area contributed by atoms with Crippen molar-refractivity contribution >= 4 is 17.8 Å². The summed E-state index contributed by atoms with van der Waals surface area (Å²) < 4.78 is 0. The first-order chi connectivity index (χ1) is 9.91. The SMILES string of the molecule is NC(=O)CC[C@@H](NOC(C(=O)O)c1ccccc1)C(=O)O. The summed E-state index contributed by atoms with van der Waals surface area (Å²) in [6.07, 6.45) is -1.62. The first-order valence-corrected chi connectivity index (χ1v) is 6.12. The van der Waals surface area contributed by atoms with E-state index in [-0.39, 0.29) is 12.8 Å². The molecule has 8 nitrogen and oxygen atoms in total. The summed E-state index contributed by atoms with van der Waals surface area (Å²) >= 11 is 0. The first kappa shape index (κ1) is 16.6. The molecule has 0 fully saturated rings. The Kier molecular flexibility index (Phi) is 6.31. The van der Waals surface area contributed by atoms with Gasteiger partial charge in [0.25, 0.3) is 0 Å². The Labute approximate surface area is 120 Å². The van der Waals surface area contributed by atoms with Gasteiger partial charge in [-0.15, -0.1) is 0 Å². The highest BCUT2D eigenvalue weighted by atomic mass is 16.7. The maximum absolute atomic E-state index is 11.2. The number of primary amides is 1. The van der Waals surface area contributed by atoms with Crippen LogP contribution >= 0.6 is 0 Å². The minimum absolute atomic E-state index is 0.105. The van der Waals surface area contributed by atoms with Crippen molar-refractivity contribution in [1.29, 1.82) is 0 Å². The molecule has 0 saturated heterocycles. The van der Waals surface area contributed by atoms with E-state index in [0.717, 1.165) is 0 Å². The predicted octanol–water partition coefficient (Wildman–Crippen LogP) is 0.0522. The van der Waals surface area contributed by atoms with E-state index in [1.54, 1.807) is 30.3 Å². The minimum Gasteiger partial charge on any atom is -0.480 e. The third-order valence-corrected chi connectivity index (χ3v) is 2.63. The van der Waals surface area contributed by atoms with E-state index >= 15 is 0 Å². The van der Waals surface area contributed by atoms with Gasteiger partial charge in [-0.05, 0) is 12.0 Å². The molecule has 1 aromatic carbocycles. The summed E-state index contributed by atoms with van der Waals surface area (Å²) in [5.41, 5.74) is 7.47. The maximum atomic E-state index is 11.2. The van der Waals surface area contributed by atoms with Crippen LogP contribution < -0.4 is 11.2 Å². The molecule has 0 aromatic heterocycles. The van der Waals surface area contributed by atoms with Gasteiger partial charge >= 0.3 is 11.9 Å². The number of hydroxylamine groups is 1. The van der Waals surface area contributed by atoms with Crippen LogP contribution in [0.2, 0.25) is 0 Å². The lowest BCUT2D eigenvalue weighted by atomic mass is 10.1. The Hall–Kier alpha value is -2.45. The molecular weight excluding hydrogens is 280 g/mol. The van der Waals surface area contributed by atoms with Gasteiger partial charge in [-0.1, -0.05) is 30.3 Å². The summed E-state index contributed by atoms with van der Waals surface area (Å²) in [6, 6.07) is 6.83. The molecular formula is C13H16N2O6. The molecule has 0 bridgehead atoms. The zero-order valence-corrected chi connectivity index (χ0v) is 11.1. The van der Waals surface area contributed by atoms with Crippen molar-refractivity contribution in [2.45, 2.75) is 25.0 Å². The van der Waals surface area contributed by atoms with Gasteiger partial charge in [0.15, 0.2) is 0 Å². The van der Waals surface area contributed by atoms with Crippen LogP contribution in [0.5, 0.6) is 0 Å². The summed E-state index contributed by atoms with van der Waals surface area (Å²) in [4.78, 5) is 37.8. The second kappa shape index (κ2) is 7.98. The highest BCUT2D eigenvalue weighted by Crippen LogP contribution is 2.16. The number of carboxylic acids is 2. The van der Waals surface area contributed by atoms with Crippen LogP contribution in [0.4, 0.5) is 0 Å². The van der Waals surface area contributed by atoms with Crippen LogP contribution in [0.3, 0.4) is 0 Å². The summed E-state index contributed by atoms with van der Waals surface area (Å²) in [5, 5.41) is 18.1. The predicted molar refractivity (Wildman–Crippen MR) is 70.9 cm³/mol. The van der Waals surface area contributed by atoms with Crippen molar-refractivity contribution in [3.63, 3.8) is 0 Å². The zero-order valence-electron chi connectivity index (χ0n) is 11.1. The lowest BCUT2D eigenvalue weighted by Crippen LogP contribution is -2.39. The molecule has 1 unspecified atom stereocenters. The average molecular weight is 296 g/mol. The number of nitrogens with one attached hydrogen (secondary N) is 1. The number of nitrogens with two attached hydrogens (primary N) is 1. The third kappa shape index (κ3) is 5.59.